The second kappa shape index (κ2) is 8.45. The van der Waals surface area contributed by atoms with E-state index in [0.717, 1.165) is 39.6 Å². The minimum absolute atomic E-state index is 0.320. The lowest BCUT2D eigenvalue weighted by Crippen LogP contribution is -2.32. The molecular weight excluding hydrogens is 386 g/mol. The van der Waals surface area contributed by atoms with Crippen molar-refractivity contribution in [2.45, 2.75) is 26.3 Å². The van der Waals surface area contributed by atoms with Crippen molar-refractivity contribution in [1.82, 2.24) is 14.3 Å². The fourth-order valence-corrected chi connectivity index (χ4v) is 4.01. The van der Waals surface area contributed by atoms with Gasteiger partial charge in [0.05, 0.1) is 5.39 Å². The molecule has 0 atom stereocenters. The van der Waals surface area contributed by atoms with Gasteiger partial charge >= 0.3 is 6.03 Å². The summed E-state index contributed by atoms with van der Waals surface area (Å²) in [7, 11) is 0. The normalized spacial score (nSPS) is 13.7. The van der Waals surface area contributed by atoms with Crippen LogP contribution in [-0.4, -0.2) is 21.6 Å². The molecule has 6 nitrogen and oxygen atoms in total. The summed E-state index contributed by atoms with van der Waals surface area (Å²) in [5.41, 5.74) is 3.16. The molecule has 0 aliphatic heterocycles. The quantitative estimate of drug-likeness (QED) is 0.686. The standard InChI is InChI=1S/C22H21N3O3S/c1-15-4-2-5-17(12-15)14-28-18-9-7-16(8-10-18)13-24-22(27)25-21(26)19-6-3-11-23-20(19)29-25/h3,5-12H,2,4,13-14H2,1H3,(H,24,27). The number of benzene rings is 1. The zero-order valence-electron chi connectivity index (χ0n) is 16.1. The molecule has 0 fully saturated rings. The van der Waals surface area contributed by atoms with Gasteiger partial charge in [0.1, 0.15) is 17.2 Å². The van der Waals surface area contributed by atoms with E-state index < -0.39 is 6.03 Å². The van der Waals surface area contributed by atoms with Gasteiger partial charge in [0.15, 0.2) is 0 Å². The maximum Gasteiger partial charge on any atom is 0.338 e. The average Bonchev–Trinajstić information content (AvgIpc) is 3.08. The second-order valence-corrected chi connectivity index (χ2v) is 7.88. The number of carbonyl (C=O) groups is 1. The van der Waals surface area contributed by atoms with E-state index in [1.807, 2.05) is 24.3 Å². The lowest BCUT2D eigenvalue weighted by atomic mass is 10.0. The molecule has 0 radical (unpaired) electrons. The molecule has 0 unspecified atom stereocenters. The number of carbonyl (C=O) groups excluding carboxylic acids is 1. The lowest BCUT2D eigenvalue weighted by Gasteiger charge is -2.12. The number of ether oxygens (including phenoxy) is 1. The molecule has 1 aliphatic carbocycles. The van der Waals surface area contributed by atoms with Crippen molar-refractivity contribution in [2.75, 3.05) is 6.61 Å². The topological polar surface area (TPSA) is 73.2 Å². The Hall–Kier alpha value is -3.19. The number of allylic oxidation sites excluding steroid dienone is 2. The van der Waals surface area contributed by atoms with Crippen LogP contribution in [0.5, 0.6) is 5.75 Å². The first-order chi connectivity index (χ1) is 14.1. The number of nitrogens with one attached hydrogen (secondary N) is 1. The number of rotatable bonds is 5. The Bertz CT molecular complexity index is 1160. The zero-order chi connectivity index (χ0) is 20.2. The summed E-state index contributed by atoms with van der Waals surface area (Å²) >= 11 is 1.04. The third-order valence-corrected chi connectivity index (χ3v) is 5.71. The van der Waals surface area contributed by atoms with Gasteiger partial charge in [-0.1, -0.05) is 29.9 Å². The highest BCUT2D eigenvalue weighted by Crippen LogP contribution is 2.19. The third-order valence-electron chi connectivity index (χ3n) is 4.70. The van der Waals surface area contributed by atoms with Crippen molar-refractivity contribution in [2.24, 2.45) is 0 Å². The van der Waals surface area contributed by atoms with Gasteiger partial charge in [-0.25, -0.2) is 9.78 Å². The average molecular weight is 407 g/mol. The number of hydrogen-bond acceptors (Lipinski definition) is 5. The molecule has 2 heterocycles. The van der Waals surface area contributed by atoms with E-state index in [1.165, 1.54) is 11.1 Å². The van der Waals surface area contributed by atoms with E-state index in [2.05, 4.69) is 29.4 Å². The highest BCUT2D eigenvalue weighted by molar-refractivity contribution is 7.14. The Kier molecular flexibility index (Phi) is 5.57. The Morgan fingerprint density at radius 1 is 1.28 bits per heavy atom. The summed E-state index contributed by atoms with van der Waals surface area (Å²) in [6, 6.07) is 10.5. The van der Waals surface area contributed by atoms with E-state index in [4.69, 9.17) is 4.74 Å². The van der Waals surface area contributed by atoms with Crippen LogP contribution in [0.15, 0.2) is 70.7 Å². The van der Waals surface area contributed by atoms with Gasteiger partial charge < -0.3 is 10.1 Å². The molecule has 2 aromatic heterocycles. The maximum atomic E-state index is 12.4. The molecule has 0 spiro atoms. The number of fused-ring (bicyclic) bond motifs is 1. The van der Waals surface area contributed by atoms with Gasteiger partial charge in [-0.15, -0.1) is 0 Å². The first-order valence-corrected chi connectivity index (χ1v) is 10.2. The van der Waals surface area contributed by atoms with Crippen LogP contribution in [0.1, 0.15) is 25.3 Å². The first kappa shape index (κ1) is 19.1. The molecule has 4 rings (SSSR count). The molecule has 1 N–H and O–H groups in total. The Balaban J connectivity index is 1.34. The summed E-state index contributed by atoms with van der Waals surface area (Å²) in [5, 5.41) is 3.23. The van der Waals surface area contributed by atoms with Crippen LogP contribution in [0, 0.1) is 0 Å². The van der Waals surface area contributed by atoms with Gasteiger partial charge in [0.25, 0.3) is 5.56 Å². The van der Waals surface area contributed by atoms with Crippen molar-refractivity contribution in [3.05, 3.63) is 81.8 Å². The minimum Gasteiger partial charge on any atom is -0.489 e. The second-order valence-electron chi connectivity index (χ2n) is 6.95. The van der Waals surface area contributed by atoms with Gasteiger partial charge in [0.2, 0.25) is 0 Å². The van der Waals surface area contributed by atoms with E-state index >= 15 is 0 Å². The SMILES string of the molecule is CC1=CC(COc2ccc(CNC(=O)n3sc4ncccc4c3=O)cc2)=CCC1. The fourth-order valence-electron chi connectivity index (χ4n) is 3.15. The van der Waals surface area contributed by atoms with Crippen molar-refractivity contribution in [3.63, 3.8) is 0 Å². The Labute approximate surface area is 172 Å². The molecular formula is C22H21N3O3S. The van der Waals surface area contributed by atoms with Gasteiger partial charge in [-0.2, -0.15) is 3.96 Å². The molecule has 148 valence electrons. The number of pyridine rings is 1. The molecule has 0 bridgehead atoms. The summed E-state index contributed by atoms with van der Waals surface area (Å²) in [5.74, 6) is 0.782. The van der Waals surface area contributed by atoms with Crippen LogP contribution in [0.4, 0.5) is 4.79 Å². The van der Waals surface area contributed by atoms with E-state index in [1.54, 1.807) is 18.3 Å². The van der Waals surface area contributed by atoms with Crippen LogP contribution >= 0.6 is 11.5 Å². The minimum atomic E-state index is -0.454. The van der Waals surface area contributed by atoms with Crippen LogP contribution in [0.2, 0.25) is 0 Å². The third kappa shape index (κ3) is 4.46. The number of hydrogen-bond donors (Lipinski definition) is 1. The molecule has 1 aliphatic rings. The fraction of sp³-hybridized carbons (Fsp3) is 0.227. The predicted octanol–water partition coefficient (Wildman–Crippen LogP) is 4.26. The number of aromatic nitrogens is 2. The van der Waals surface area contributed by atoms with Crippen molar-refractivity contribution in [1.29, 1.82) is 0 Å². The molecule has 1 aromatic carbocycles. The highest BCUT2D eigenvalue weighted by atomic mass is 32.1. The summed E-state index contributed by atoms with van der Waals surface area (Å²) in [6.07, 6.45) is 8.18. The summed E-state index contributed by atoms with van der Waals surface area (Å²) in [4.78, 5) is 29.3. The van der Waals surface area contributed by atoms with Crippen LogP contribution in [-0.2, 0) is 6.54 Å². The molecule has 1 amide bonds. The molecule has 0 saturated heterocycles. The molecule has 29 heavy (non-hydrogen) atoms. The summed E-state index contributed by atoms with van der Waals surface area (Å²) < 4.78 is 6.94. The maximum absolute atomic E-state index is 12.4. The monoisotopic (exact) mass is 407 g/mol. The van der Waals surface area contributed by atoms with Crippen LogP contribution < -0.4 is 15.6 Å². The smallest absolute Gasteiger partial charge is 0.338 e. The van der Waals surface area contributed by atoms with Crippen LogP contribution in [0.3, 0.4) is 0 Å². The van der Waals surface area contributed by atoms with E-state index in [9.17, 15) is 9.59 Å². The first-order valence-electron chi connectivity index (χ1n) is 9.43. The Morgan fingerprint density at radius 2 is 2.10 bits per heavy atom. The predicted molar refractivity (Wildman–Crippen MR) is 115 cm³/mol. The molecule has 0 saturated carbocycles. The van der Waals surface area contributed by atoms with E-state index in [-0.39, 0.29) is 5.56 Å². The van der Waals surface area contributed by atoms with Gasteiger partial charge in [-0.3, -0.25) is 4.79 Å². The molecule has 3 aromatic rings. The van der Waals surface area contributed by atoms with Crippen molar-refractivity contribution in [3.8, 4) is 5.75 Å². The zero-order valence-corrected chi connectivity index (χ0v) is 16.9. The van der Waals surface area contributed by atoms with Gasteiger partial charge in [-0.05, 0) is 66.7 Å². The lowest BCUT2D eigenvalue weighted by molar-refractivity contribution is 0.243. The number of nitrogens with zero attached hydrogens (tertiary/aromatic N) is 2. The van der Waals surface area contributed by atoms with Crippen molar-refractivity contribution < 1.29 is 9.53 Å². The summed E-state index contributed by atoms with van der Waals surface area (Å²) in [6.45, 7) is 3.01. The van der Waals surface area contributed by atoms with Crippen molar-refractivity contribution >= 4 is 27.8 Å². The van der Waals surface area contributed by atoms with Crippen LogP contribution in [0.25, 0.3) is 10.2 Å². The Morgan fingerprint density at radius 3 is 2.86 bits per heavy atom. The highest BCUT2D eigenvalue weighted by Gasteiger charge is 2.14. The molecule has 7 heteroatoms. The van der Waals surface area contributed by atoms with E-state index in [0.29, 0.717) is 23.4 Å². The number of amides is 1. The van der Waals surface area contributed by atoms with Gasteiger partial charge in [0, 0.05) is 12.7 Å². The largest absolute Gasteiger partial charge is 0.489 e.